The Hall–Kier alpha value is -2.55. The van der Waals surface area contributed by atoms with Crippen molar-refractivity contribution in [1.29, 1.82) is 0 Å². The highest BCUT2D eigenvalue weighted by Crippen LogP contribution is 2.18. The third-order valence-electron chi connectivity index (χ3n) is 2.59. The van der Waals surface area contributed by atoms with Gasteiger partial charge in [0.15, 0.2) is 6.61 Å². The third kappa shape index (κ3) is 4.48. The van der Waals surface area contributed by atoms with Gasteiger partial charge in [-0.15, -0.1) is 10.2 Å². The van der Waals surface area contributed by atoms with Crippen LogP contribution < -0.4 is 10.1 Å². The molecule has 1 heterocycles. The van der Waals surface area contributed by atoms with E-state index >= 15 is 0 Å². The number of ether oxygens (including phenoxy) is 1. The first-order valence-electron chi connectivity index (χ1n) is 6.58. The average Bonchev–Trinajstić information content (AvgIpc) is 2.93. The zero-order valence-electron chi connectivity index (χ0n) is 11.8. The summed E-state index contributed by atoms with van der Waals surface area (Å²) in [6.45, 7) is 1.83. The molecule has 22 heavy (non-hydrogen) atoms. The van der Waals surface area contributed by atoms with Gasteiger partial charge in [0, 0.05) is 18.6 Å². The Morgan fingerprint density at radius 3 is 2.73 bits per heavy atom. The first kappa shape index (κ1) is 15.8. The molecule has 1 aromatic heterocycles. The lowest BCUT2D eigenvalue weighted by atomic mass is 10.3. The van der Waals surface area contributed by atoms with Crippen LogP contribution in [-0.2, 0) is 11.2 Å². The van der Waals surface area contributed by atoms with Crippen molar-refractivity contribution in [2.24, 2.45) is 0 Å². The summed E-state index contributed by atoms with van der Waals surface area (Å²) < 4.78 is 5.25. The maximum Gasteiger partial charge on any atom is 0.269 e. The van der Waals surface area contributed by atoms with E-state index in [1.54, 1.807) is 0 Å². The van der Waals surface area contributed by atoms with Crippen LogP contribution in [0.25, 0.3) is 0 Å². The lowest BCUT2D eigenvalue weighted by Gasteiger charge is -2.05. The molecule has 0 spiro atoms. The molecule has 0 aliphatic carbocycles. The van der Waals surface area contributed by atoms with Crippen LogP contribution in [0.15, 0.2) is 24.3 Å². The molecule has 8 nitrogen and oxygen atoms in total. The lowest BCUT2D eigenvalue weighted by Crippen LogP contribution is -2.20. The van der Waals surface area contributed by atoms with E-state index in [2.05, 4.69) is 15.5 Å². The van der Waals surface area contributed by atoms with E-state index in [0.29, 0.717) is 10.9 Å². The molecule has 0 saturated carbocycles. The van der Waals surface area contributed by atoms with Crippen LogP contribution in [0, 0.1) is 10.1 Å². The van der Waals surface area contributed by atoms with Crippen molar-refractivity contribution in [1.82, 2.24) is 10.2 Å². The van der Waals surface area contributed by atoms with Gasteiger partial charge in [-0.2, -0.15) is 0 Å². The van der Waals surface area contributed by atoms with Crippen molar-refractivity contribution in [3.05, 3.63) is 39.4 Å². The second-order valence-electron chi connectivity index (χ2n) is 4.34. The highest BCUT2D eigenvalue weighted by Gasteiger charge is 2.09. The zero-order chi connectivity index (χ0) is 15.9. The molecule has 0 fully saturated rings. The maximum atomic E-state index is 11.7. The largest absolute Gasteiger partial charge is 0.484 e. The number of nitrogens with zero attached hydrogens (tertiary/aromatic N) is 3. The zero-order valence-corrected chi connectivity index (χ0v) is 12.6. The monoisotopic (exact) mass is 322 g/mol. The van der Waals surface area contributed by atoms with Gasteiger partial charge < -0.3 is 4.74 Å². The van der Waals surface area contributed by atoms with Crippen LogP contribution in [0.5, 0.6) is 5.75 Å². The van der Waals surface area contributed by atoms with E-state index in [0.717, 1.165) is 17.8 Å². The Morgan fingerprint density at radius 2 is 2.09 bits per heavy atom. The van der Waals surface area contributed by atoms with Crippen LogP contribution >= 0.6 is 11.3 Å². The van der Waals surface area contributed by atoms with Gasteiger partial charge in [-0.25, -0.2) is 0 Å². The number of amides is 1. The molecule has 0 saturated heterocycles. The summed E-state index contributed by atoms with van der Waals surface area (Å²) in [5, 5.41) is 22.2. The number of hydrogen-bond donors (Lipinski definition) is 1. The van der Waals surface area contributed by atoms with Crippen molar-refractivity contribution in [3.63, 3.8) is 0 Å². The minimum Gasteiger partial charge on any atom is -0.484 e. The predicted molar refractivity (Wildman–Crippen MR) is 81.1 cm³/mol. The molecule has 0 unspecified atom stereocenters. The Morgan fingerprint density at radius 1 is 1.36 bits per heavy atom. The number of carbonyl (C=O) groups excluding carboxylic acids is 1. The van der Waals surface area contributed by atoms with Crippen molar-refractivity contribution in [2.75, 3.05) is 11.9 Å². The maximum absolute atomic E-state index is 11.7. The number of rotatable bonds is 7. The molecule has 0 bridgehead atoms. The molecule has 0 radical (unpaired) electrons. The number of benzene rings is 1. The van der Waals surface area contributed by atoms with E-state index in [9.17, 15) is 14.9 Å². The van der Waals surface area contributed by atoms with Crippen molar-refractivity contribution < 1.29 is 14.5 Å². The van der Waals surface area contributed by atoms with Crippen molar-refractivity contribution in [2.45, 2.75) is 19.8 Å². The van der Waals surface area contributed by atoms with E-state index in [1.807, 2.05) is 6.92 Å². The molecule has 1 N–H and O–H groups in total. The molecule has 0 atom stereocenters. The average molecular weight is 322 g/mol. The number of nitrogens with one attached hydrogen (secondary N) is 1. The number of anilines is 1. The van der Waals surface area contributed by atoms with Crippen LogP contribution in [0.3, 0.4) is 0 Å². The van der Waals surface area contributed by atoms with Crippen LogP contribution in [0.2, 0.25) is 0 Å². The Balaban J connectivity index is 1.82. The van der Waals surface area contributed by atoms with Crippen LogP contribution in [-0.4, -0.2) is 27.6 Å². The highest BCUT2D eigenvalue weighted by atomic mass is 32.1. The minimum atomic E-state index is -0.500. The smallest absolute Gasteiger partial charge is 0.269 e. The molecule has 9 heteroatoms. The Bertz CT molecular complexity index is 656. The summed E-state index contributed by atoms with van der Waals surface area (Å²) in [7, 11) is 0. The predicted octanol–water partition coefficient (Wildman–Crippen LogP) is 2.42. The summed E-state index contributed by atoms with van der Waals surface area (Å²) in [4.78, 5) is 21.7. The van der Waals surface area contributed by atoms with E-state index in [1.165, 1.54) is 35.6 Å². The van der Waals surface area contributed by atoms with Gasteiger partial charge in [-0.05, 0) is 18.6 Å². The van der Waals surface area contributed by atoms with Gasteiger partial charge in [0.2, 0.25) is 5.13 Å². The first-order chi connectivity index (χ1) is 10.6. The fourth-order valence-corrected chi connectivity index (χ4v) is 2.44. The van der Waals surface area contributed by atoms with Gasteiger partial charge in [0.1, 0.15) is 10.8 Å². The molecular weight excluding hydrogens is 308 g/mol. The number of nitro benzene ring substituents is 1. The Kier molecular flexibility index (Phi) is 5.37. The molecule has 116 valence electrons. The normalized spacial score (nSPS) is 10.2. The first-order valence-corrected chi connectivity index (χ1v) is 7.39. The van der Waals surface area contributed by atoms with Gasteiger partial charge in [-0.3, -0.25) is 20.2 Å². The summed E-state index contributed by atoms with van der Waals surface area (Å²) in [5.74, 6) is 0.0160. The van der Waals surface area contributed by atoms with Crippen LogP contribution in [0.4, 0.5) is 10.8 Å². The van der Waals surface area contributed by atoms with Gasteiger partial charge in [0.05, 0.1) is 4.92 Å². The van der Waals surface area contributed by atoms with Crippen LogP contribution in [0.1, 0.15) is 18.4 Å². The van der Waals surface area contributed by atoms with E-state index < -0.39 is 4.92 Å². The van der Waals surface area contributed by atoms with Gasteiger partial charge >= 0.3 is 0 Å². The second kappa shape index (κ2) is 7.46. The standard InChI is InChI=1S/C13H14N4O4S/c1-2-3-12-15-16-13(22-12)14-11(18)8-21-10-6-4-9(5-7-10)17(19)20/h4-7H,2-3,8H2,1H3,(H,14,16,18). The van der Waals surface area contributed by atoms with Crippen molar-refractivity contribution in [3.8, 4) is 5.75 Å². The highest BCUT2D eigenvalue weighted by molar-refractivity contribution is 7.15. The summed E-state index contributed by atoms with van der Waals surface area (Å²) >= 11 is 1.33. The lowest BCUT2D eigenvalue weighted by molar-refractivity contribution is -0.384. The van der Waals surface area contributed by atoms with Gasteiger partial charge in [-0.1, -0.05) is 18.3 Å². The molecule has 0 aliphatic heterocycles. The fourth-order valence-electron chi connectivity index (χ4n) is 1.59. The van der Waals surface area contributed by atoms with E-state index in [4.69, 9.17) is 4.74 Å². The molecule has 1 amide bonds. The van der Waals surface area contributed by atoms with E-state index in [-0.39, 0.29) is 18.2 Å². The SMILES string of the molecule is CCCc1nnc(NC(=O)COc2ccc([N+](=O)[O-])cc2)s1. The summed E-state index contributed by atoms with van der Waals surface area (Å²) in [6.07, 6.45) is 1.79. The Labute approximate surface area is 130 Å². The number of aryl methyl sites for hydroxylation is 1. The minimum absolute atomic E-state index is 0.0332. The number of hydrogen-bond acceptors (Lipinski definition) is 7. The van der Waals surface area contributed by atoms with Gasteiger partial charge in [0.25, 0.3) is 11.6 Å². The quantitative estimate of drug-likeness (QED) is 0.619. The second-order valence-corrected chi connectivity index (χ2v) is 5.40. The summed E-state index contributed by atoms with van der Waals surface area (Å²) in [6, 6.07) is 5.51. The third-order valence-corrected chi connectivity index (χ3v) is 3.49. The topological polar surface area (TPSA) is 107 Å². The number of non-ortho nitro benzene ring substituents is 1. The van der Waals surface area contributed by atoms with Crippen molar-refractivity contribution >= 4 is 28.1 Å². The molecule has 2 rings (SSSR count). The molecule has 1 aromatic carbocycles. The molecule has 2 aromatic rings. The molecule has 0 aliphatic rings. The number of nitro groups is 1. The fraction of sp³-hybridized carbons (Fsp3) is 0.308. The summed E-state index contributed by atoms with van der Waals surface area (Å²) in [5.41, 5.74) is -0.0332. The number of carbonyl (C=O) groups is 1. The number of aromatic nitrogens is 2. The molecular formula is C13H14N4O4S.